The molecule has 114 valence electrons. The van der Waals surface area contributed by atoms with E-state index in [1.165, 1.54) is 48.7 Å². The number of halogens is 2. The smallest absolute Gasteiger partial charge is 0.358 e. The Morgan fingerprint density at radius 3 is 2.09 bits per heavy atom. The van der Waals surface area contributed by atoms with Crippen LogP contribution in [0.1, 0.15) is 0 Å². The lowest BCUT2D eigenvalue weighted by Gasteiger charge is -2.06. The highest BCUT2D eigenvalue weighted by atomic mass is 19.1. The minimum absolute atomic E-state index is 0.177. The van der Waals surface area contributed by atoms with E-state index in [0.29, 0.717) is 16.7 Å². The van der Waals surface area contributed by atoms with E-state index in [2.05, 4.69) is 4.98 Å². The van der Waals surface area contributed by atoms with Gasteiger partial charge in [-0.15, -0.1) is 0 Å². The molecule has 0 spiro atoms. The summed E-state index contributed by atoms with van der Waals surface area (Å²) in [6, 6.07) is 12.8. The number of pyridine rings is 1. The van der Waals surface area contributed by atoms with Crippen molar-refractivity contribution in [1.82, 2.24) is 4.98 Å². The molecule has 0 fully saturated rings. The van der Waals surface area contributed by atoms with Gasteiger partial charge in [0, 0.05) is 5.56 Å². The lowest BCUT2D eigenvalue weighted by Crippen LogP contribution is -1.96. The fourth-order valence-electron chi connectivity index (χ4n) is 2.30. The van der Waals surface area contributed by atoms with E-state index in [0.717, 1.165) is 0 Å². The summed E-state index contributed by atoms with van der Waals surface area (Å²) < 4.78 is 26.8. The molecular weight excluding hydrogens is 302 g/mol. The Hall–Kier alpha value is -3.15. The zero-order chi connectivity index (χ0) is 16.4. The molecule has 0 aliphatic heterocycles. The van der Waals surface area contributed by atoms with Crippen LogP contribution in [0, 0.1) is 21.7 Å². The number of hydrogen-bond acceptors (Lipinski definition) is 3. The summed E-state index contributed by atoms with van der Waals surface area (Å²) in [6.07, 6.45) is 1.30. The lowest BCUT2D eigenvalue weighted by atomic mass is 10.0. The predicted octanol–water partition coefficient (Wildman–Crippen LogP) is 4.60. The van der Waals surface area contributed by atoms with Crippen molar-refractivity contribution in [2.45, 2.75) is 0 Å². The maximum absolute atomic E-state index is 13.4. The predicted molar refractivity (Wildman–Crippen MR) is 81.7 cm³/mol. The zero-order valence-electron chi connectivity index (χ0n) is 11.7. The Labute approximate surface area is 130 Å². The van der Waals surface area contributed by atoms with Crippen molar-refractivity contribution in [1.29, 1.82) is 0 Å². The first-order valence-corrected chi connectivity index (χ1v) is 6.71. The summed E-state index contributed by atoms with van der Waals surface area (Å²) in [7, 11) is 0. The Morgan fingerprint density at radius 2 is 1.48 bits per heavy atom. The van der Waals surface area contributed by atoms with Crippen LogP contribution in [-0.2, 0) is 0 Å². The molecule has 0 saturated heterocycles. The van der Waals surface area contributed by atoms with E-state index in [-0.39, 0.29) is 11.4 Å². The molecule has 0 radical (unpaired) electrons. The first kappa shape index (κ1) is 14.8. The molecule has 6 heteroatoms. The SMILES string of the molecule is O=[N+]([O-])c1ncc(-c2cccc(F)c2)cc1-c1cccc(F)c1. The molecule has 0 unspecified atom stereocenters. The normalized spacial score (nSPS) is 10.5. The topological polar surface area (TPSA) is 56.0 Å². The minimum Gasteiger partial charge on any atom is -0.358 e. The van der Waals surface area contributed by atoms with E-state index in [1.54, 1.807) is 12.1 Å². The van der Waals surface area contributed by atoms with E-state index >= 15 is 0 Å². The van der Waals surface area contributed by atoms with Crippen molar-refractivity contribution in [2.75, 3.05) is 0 Å². The van der Waals surface area contributed by atoms with Crippen LogP contribution >= 0.6 is 0 Å². The number of nitro groups is 1. The molecule has 0 bridgehead atoms. The molecule has 3 rings (SSSR count). The molecule has 0 aliphatic rings. The van der Waals surface area contributed by atoms with Crippen LogP contribution in [-0.4, -0.2) is 9.91 Å². The van der Waals surface area contributed by atoms with Crippen LogP contribution in [0.25, 0.3) is 22.3 Å². The van der Waals surface area contributed by atoms with Gasteiger partial charge in [-0.25, -0.2) is 8.78 Å². The van der Waals surface area contributed by atoms with Gasteiger partial charge in [0.2, 0.25) is 0 Å². The number of rotatable bonds is 3. The zero-order valence-corrected chi connectivity index (χ0v) is 11.7. The molecule has 23 heavy (non-hydrogen) atoms. The summed E-state index contributed by atoms with van der Waals surface area (Å²) >= 11 is 0. The van der Waals surface area contributed by atoms with Crippen molar-refractivity contribution in [3.8, 4) is 22.3 Å². The van der Waals surface area contributed by atoms with Gasteiger partial charge in [0.15, 0.2) is 0 Å². The fraction of sp³-hybridized carbons (Fsp3) is 0. The Balaban J connectivity index is 2.20. The molecule has 1 aromatic heterocycles. The number of hydrogen-bond donors (Lipinski definition) is 0. The summed E-state index contributed by atoms with van der Waals surface area (Å²) in [5.74, 6) is -1.31. The van der Waals surface area contributed by atoms with Gasteiger partial charge < -0.3 is 10.1 Å². The van der Waals surface area contributed by atoms with Crippen LogP contribution in [0.4, 0.5) is 14.6 Å². The standard InChI is InChI=1S/C17H10F2N2O2/c18-14-5-1-3-11(7-14)13-9-16(17(20-10-13)21(22)23)12-4-2-6-15(19)8-12/h1-10H. The van der Waals surface area contributed by atoms with Gasteiger partial charge in [-0.3, -0.25) is 0 Å². The van der Waals surface area contributed by atoms with Crippen molar-refractivity contribution in [3.63, 3.8) is 0 Å². The lowest BCUT2D eigenvalue weighted by molar-refractivity contribution is -0.388. The molecule has 0 N–H and O–H groups in total. The van der Waals surface area contributed by atoms with Gasteiger partial charge in [-0.05, 0) is 51.4 Å². The van der Waals surface area contributed by atoms with Crippen LogP contribution in [0.5, 0.6) is 0 Å². The van der Waals surface area contributed by atoms with Crippen LogP contribution in [0.15, 0.2) is 60.8 Å². The van der Waals surface area contributed by atoms with Crippen molar-refractivity contribution >= 4 is 5.82 Å². The molecule has 0 amide bonds. The summed E-state index contributed by atoms with van der Waals surface area (Å²) in [6.45, 7) is 0. The summed E-state index contributed by atoms with van der Waals surface area (Å²) in [5.41, 5.74) is 1.55. The quantitative estimate of drug-likeness (QED) is 0.524. The van der Waals surface area contributed by atoms with Gasteiger partial charge >= 0.3 is 5.82 Å². The number of aromatic nitrogens is 1. The van der Waals surface area contributed by atoms with Gasteiger partial charge in [0.1, 0.15) is 17.8 Å². The average Bonchev–Trinajstić information content (AvgIpc) is 2.54. The number of nitrogens with zero attached hydrogens (tertiary/aromatic N) is 2. The van der Waals surface area contributed by atoms with E-state index in [4.69, 9.17) is 0 Å². The van der Waals surface area contributed by atoms with E-state index in [1.807, 2.05) is 0 Å². The first-order valence-electron chi connectivity index (χ1n) is 6.71. The van der Waals surface area contributed by atoms with Crippen molar-refractivity contribution < 1.29 is 13.7 Å². The van der Waals surface area contributed by atoms with Gasteiger partial charge in [0.25, 0.3) is 0 Å². The van der Waals surface area contributed by atoms with Crippen LogP contribution in [0.3, 0.4) is 0 Å². The van der Waals surface area contributed by atoms with Gasteiger partial charge in [-0.2, -0.15) is 0 Å². The molecule has 2 aromatic carbocycles. The highest BCUT2D eigenvalue weighted by Gasteiger charge is 2.19. The minimum atomic E-state index is -0.629. The Morgan fingerprint density at radius 1 is 0.870 bits per heavy atom. The molecular formula is C17H10F2N2O2. The molecule has 1 heterocycles. The molecule has 0 aliphatic carbocycles. The Kier molecular flexibility index (Phi) is 3.80. The average molecular weight is 312 g/mol. The maximum Gasteiger partial charge on any atom is 0.371 e. The monoisotopic (exact) mass is 312 g/mol. The second-order valence-corrected chi connectivity index (χ2v) is 4.87. The first-order chi connectivity index (χ1) is 11.0. The molecule has 0 atom stereocenters. The highest BCUT2D eigenvalue weighted by molar-refractivity contribution is 5.77. The fourth-order valence-corrected chi connectivity index (χ4v) is 2.30. The van der Waals surface area contributed by atoms with Crippen LogP contribution in [0.2, 0.25) is 0 Å². The second kappa shape index (κ2) is 5.92. The number of benzene rings is 2. The largest absolute Gasteiger partial charge is 0.371 e. The third-order valence-corrected chi connectivity index (χ3v) is 3.33. The summed E-state index contributed by atoms with van der Waals surface area (Å²) in [4.78, 5) is 14.4. The molecule has 3 aromatic rings. The Bertz CT molecular complexity index is 897. The van der Waals surface area contributed by atoms with E-state index in [9.17, 15) is 18.9 Å². The van der Waals surface area contributed by atoms with Crippen molar-refractivity contribution in [3.05, 3.63) is 82.5 Å². The third kappa shape index (κ3) is 3.06. The van der Waals surface area contributed by atoms with E-state index < -0.39 is 16.6 Å². The maximum atomic E-state index is 13.4. The highest BCUT2D eigenvalue weighted by Crippen LogP contribution is 2.32. The van der Waals surface area contributed by atoms with Gasteiger partial charge in [-0.1, -0.05) is 24.3 Å². The summed E-state index contributed by atoms with van der Waals surface area (Å²) in [5, 5.41) is 11.2. The molecule has 0 saturated carbocycles. The molecule has 4 nitrogen and oxygen atoms in total. The third-order valence-electron chi connectivity index (χ3n) is 3.33. The second-order valence-electron chi connectivity index (χ2n) is 4.87. The van der Waals surface area contributed by atoms with Gasteiger partial charge in [0.05, 0.1) is 5.56 Å². The van der Waals surface area contributed by atoms with Crippen molar-refractivity contribution in [2.24, 2.45) is 0 Å². The van der Waals surface area contributed by atoms with Crippen LogP contribution < -0.4 is 0 Å².